The first-order valence-corrected chi connectivity index (χ1v) is 7.52. The molecule has 0 bridgehead atoms. The molecule has 1 amide bonds. The van der Waals surface area contributed by atoms with Crippen molar-refractivity contribution in [1.29, 1.82) is 0 Å². The van der Waals surface area contributed by atoms with Crippen molar-refractivity contribution < 1.29 is 4.79 Å². The molecule has 0 radical (unpaired) electrons. The average Bonchev–Trinajstić information content (AvgIpc) is 2.51. The Hall–Kier alpha value is -2.70. The minimum absolute atomic E-state index is 0.147. The van der Waals surface area contributed by atoms with E-state index < -0.39 is 11.2 Å². The van der Waals surface area contributed by atoms with E-state index in [4.69, 9.17) is 0 Å². The zero-order valence-electron chi connectivity index (χ0n) is 13.2. The zero-order valence-corrected chi connectivity index (χ0v) is 13.2. The number of rotatable bonds is 6. The molecule has 7 heteroatoms. The van der Waals surface area contributed by atoms with Crippen LogP contribution in [-0.2, 0) is 11.3 Å². The molecule has 0 fully saturated rings. The molecule has 2 rings (SSSR count). The zero-order chi connectivity index (χ0) is 16.8. The molecular formula is C16H20N4O3. The predicted octanol–water partition coefficient (Wildman–Crippen LogP) is 0.898. The van der Waals surface area contributed by atoms with Crippen molar-refractivity contribution in [1.82, 2.24) is 19.9 Å². The van der Waals surface area contributed by atoms with E-state index in [9.17, 15) is 14.4 Å². The summed E-state index contributed by atoms with van der Waals surface area (Å²) in [5.41, 5.74) is 0.752. The van der Waals surface area contributed by atoms with E-state index in [1.54, 1.807) is 0 Å². The number of H-pyrrole nitrogens is 1. The van der Waals surface area contributed by atoms with Gasteiger partial charge in [-0.1, -0.05) is 13.0 Å². The molecule has 2 aromatic rings. The molecule has 0 aliphatic rings. The quantitative estimate of drug-likeness (QED) is 0.827. The monoisotopic (exact) mass is 316 g/mol. The summed E-state index contributed by atoms with van der Waals surface area (Å²) < 4.78 is 1.30. The van der Waals surface area contributed by atoms with Crippen LogP contribution in [0.3, 0.4) is 0 Å². The Morgan fingerprint density at radius 3 is 2.78 bits per heavy atom. The molecule has 122 valence electrons. The van der Waals surface area contributed by atoms with Crippen LogP contribution < -0.4 is 16.6 Å². The molecule has 0 spiro atoms. The van der Waals surface area contributed by atoms with Crippen LogP contribution >= 0.6 is 0 Å². The van der Waals surface area contributed by atoms with Crippen molar-refractivity contribution in [3.63, 3.8) is 0 Å². The van der Waals surface area contributed by atoms with Gasteiger partial charge in [0.25, 0.3) is 5.56 Å². The lowest BCUT2D eigenvalue weighted by Crippen LogP contribution is -2.32. The van der Waals surface area contributed by atoms with E-state index in [0.29, 0.717) is 0 Å². The number of aromatic nitrogens is 3. The highest BCUT2D eigenvalue weighted by molar-refractivity contribution is 5.76. The molecule has 0 saturated heterocycles. The van der Waals surface area contributed by atoms with Gasteiger partial charge in [-0.3, -0.25) is 19.6 Å². The number of aryl methyl sites for hydroxylation is 2. The summed E-state index contributed by atoms with van der Waals surface area (Å²) >= 11 is 0. The summed E-state index contributed by atoms with van der Waals surface area (Å²) in [5, 5.41) is 2.92. The molecule has 2 N–H and O–H groups in total. The topological polar surface area (TPSA) is 96.9 Å². The van der Waals surface area contributed by atoms with Crippen LogP contribution in [0, 0.1) is 6.92 Å². The normalized spacial score (nSPS) is 11.9. The second kappa shape index (κ2) is 7.53. The third kappa shape index (κ3) is 4.64. The van der Waals surface area contributed by atoms with E-state index in [0.717, 1.165) is 17.8 Å². The molecule has 23 heavy (non-hydrogen) atoms. The third-order valence-corrected chi connectivity index (χ3v) is 3.49. The number of carbonyl (C=O) groups is 1. The largest absolute Gasteiger partial charge is 0.348 e. The highest BCUT2D eigenvalue weighted by Gasteiger charge is 2.14. The summed E-state index contributed by atoms with van der Waals surface area (Å²) in [4.78, 5) is 41.2. The number of aromatic amines is 1. The van der Waals surface area contributed by atoms with Crippen molar-refractivity contribution in [2.45, 2.75) is 39.3 Å². The van der Waals surface area contributed by atoms with E-state index in [1.807, 2.05) is 32.0 Å². The summed E-state index contributed by atoms with van der Waals surface area (Å²) in [5.74, 6) is -0.168. The van der Waals surface area contributed by atoms with Gasteiger partial charge < -0.3 is 9.88 Å². The lowest BCUT2D eigenvalue weighted by Gasteiger charge is -2.17. The number of amides is 1. The minimum atomic E-state index is -0.516. The first-order chi connectivity index (χ1) is 11.0. The van der Waals surface area contributed by atoms with Crippen LogP contribution in [-0.4, -0.2) is 20.4 Å². The van der Waals surface area contributed by atoms with Gasteiger partial charge in [0.1, 0.15) is 0 Å². The second-order valence-electron chi connectivity index (χ2n) is 5.29. The van der Waals surface area contributed by atoms with Gasteiger partial charge in [0.05, 0.1) is 11.7 Å². The summed E-state index contributed by atoms with van der Waals surface area (Å²) in [7, 11) is 0. The van der Waals surface area contributed by atoms with Crippen LogP contribution in [0.15, 0.2) is 40.1 Å². The van der Waals surface area contributed by atoms with Crippen LogP contribution in [0.2, 0.25) is 0 Å². The van der Waals surface area contributed by atoms with Crippen LogP contribution in [0.1, 0.15) is 37.2 Å². The Balaban J connectivity index is 1.97. The average molecular weight is 316 g/mol. The molecule has 0 aliphatic heterocycles. The van der Waals surface area contributed by atoms with Gasteiger partial charge in [-0.15, -0.1) is 0 Å². The van der Waals surface area contributed by atoms with Gasteiger partial charge in [-0.2, -0.15) is 0 Å². The van der Waals surface area contributed by atoms with Crippen molar-refractivity contribution in [2.24, 2.45) is 0 Å². The van der Waals surface area contributed by atoms with E-state index in [1.165, 1.54) is 16.8 Å². The Kier molecular flexibility index (Phi) is 5.46. The number of hydrogen-bond acceptors (Lipinski definition) is 4. The number of pyridine rings is 1. The molecular weight excluding hydrogens is 296 g/mol. The fourth-order valence-corrected chi connectivity index (χ4v) is 2.25. The Morgan fingerprint density at radius 2 is 2.13 bits per heavy atom. The Morgan fingerprint density at radius 1 is 1.35 bits per heavy atom. The molecule has 7 nitrogen and oxygen atoms in total. The molecule has 1 unspecified atom stereocenters. The summed E-state index contributed by atoms with van der Waals surface area (Å²) in [6.45, 7) is 4.08. The first-order valence-electron chi connectivity index (χ1n) is 7.52. The third-order valence-electron chi connectivity index (χ3n) is 3.49. The highest BCUT2D eigenvalue weighted by atomic mass is 16.2. The van der Waals surface area contributed by atoms with Crippen molar-refractivity contribution in [2.75, 3.05) is 0 Å². The van der Waals surface area contributed by atoms with Gasteiger partial charge in [-0.25, -0.2) is 4.79 Å². The summed E-state index contributed by atoms with van der Waals surface area (Å²) in [6.07, 6.45) is 2.25. The maximum atomic E-state index is 12.1. The fraction of sp³-hybridized carbons (Fsp3) is 0.375. The van der Waals surface area contributed by atoms with Gasteiger partial charge >= 0.3 is 5.69 Å². The first kappa shape index (κ1) is 16.7. The number of carbonyl (C=O) groups excluding carboxylic acids is 1. The van der Waals surface area contributed by atoms with Gasteiger partial charge in [0.2, 0.25) is 5.91 Å². The van der Waals surface area contributed by atoms with Crippen LogP contribution in [0.4, 0.5) is 0 Å². The lowest BCUT2D eigenvalue weighted by molar-refractivity contribution is -0.122. The molecule has 2 heterocycles. The van der Waals surface area contributed by atoms with Crippen molar-refractivity contribution in [3.05, 3.63) is 62.7 Å². The SMILES string of the molecule is CCC(NC(=O)CCn1ccc(=O)[nH]c1=O)c1cccc(C)n1. The number of nitrogens with one attached hydrogen (secondary N) is 2. The highest BCUT2D eigenvalue weighted by Crippen LogP contribution is 2.14. The molecule has 0 aliphatic carbocycles. The fourth-order valence-electron chi connectivity index (χ4n) is 2.25. The Bertz CT molecular complexity index is 794. The molecule has 0 saturated carbocycles. The maximum absolute atomic E-state index is 12.1. The van der Waals surface area contributed by atoms with Crippen molar-refractivity contribution >= 4 is 5.91 Å². The molecule has 2 aromatic heterocycles. The van der Waals surface area contributed by atoms with Gasteiger partial charge in [0, 0.05) is 30.9 Å². The number of hydrogen-bond donors (Lipinski definition) is 2. The minimum Gasteiger partial charge on any atom is -0.348 e. The van der Waals surface area contributed by atoms with Crippen molar-refractivity contribution in [3.8, 4) is 0 Å². The lowest BCUT2D eigenvalue weighted by atomic mass is 10.1. The summed E-state index contributed by atoms with van der Waals surface area (Å²) in [6, 6.07) is 6.79. The predicted molar refractivity (Wildman–Crippen MR) is 86.1 cm³/mol. The smallest absolute Gasteiger partial charge is 0.328 e. The van der Waals surface area contributed by atoms with E-state index in [-0.39, 0.29) is 24.9 Å². The van der Waals surface area contributed by atoms with E-state index >= 15 is 0 Å². The molecule has 0 aromatic carbocycles. The molecule has 1 atom stereocenters. The number of nitrogens with zero attached hydrogens (tertiary/aromatic N) is 2. The maximum Gasteiger partial charge on any atom is 0.328 e. The second-order valence-corrected chi connectivity index (χ2v) is 5.29. The van der Waals surface area contributed by atoms with E-state index in [2.05, 4.69) is 15.3 Å². The van der Waals surface area contributed by atoms with Gasteiger partial charge in [-0.05, 0) is 25.5 Å². The van der Waals surface area contributed by atoms with Gasteiger partial charge in [0.15, 0.2) is 0 Å². The van der Waals surface area contributed by atoms with Crippen LogP contribution in [0.25, 0.3) is 0 Å². The Labute approximate surface area is 133 Å². The standard InChI is InChI=1S/C16H20N4O3/c1-3-12(13-6-4-5-11(2)17-13)18-14(21)7-9-20-10-8-15(22)19-16(20)23/h4-6,8,10,12H,3,7,9H2,1-2H3,(H,18,21)(H,19,22,23). The van der Waals surface area contributed by atoms with Crippen LogP contribution in [0.5, 0.6) is 0 Å².